The monoisotopic (exact) mass is 485 g/mol. The number of aliphatic imine (C=N–C) groups is 2. The number of hydrogen-bond donors (Lipinski definition) is 0. The summed E-state index contributed by atoms with van der Waals surface area (Å²) in [6.07, 6.45) is 17.0. The molecule has 0 N–H and O–H groups in total. The highest BCUT2D eigenvalue weighted by molar-refractivity contribution is 5.97. The minimum atomic E-state index is 0.312. The van der Waals surface area contributed by atoms with Crippen LogP contribution in [0.3, 0.4) is 0 Å². The lowest BCUT2D eigenvalue weighted by atomic mass is 9.48. The summed E-state index contributed by atoms with van der Waals surface area (Å²) in [4.78, 5) is 15.4. The Hall–Kier alpha value is -1.91. The number of hydrogen-bond acceptors (Lipinski definition) is 5. The molecule has 0 amide bonds. The fourth-order valence-corrected chi connectivity index (χ4v) is 11.5. The van der Waals surface area contributed by atoms with Crippen LogP contribution < -0.4 is 0 Å². The first-order chi connectivity index (χ1) is 17.6. The van der Waals surface area contributed by atoms with Crippen molar-refractivity contribution in [3.8, 4) is 0 Å². The van der Waals surface area contributed by atoms with E-state index < -0.39 is 0 Å². The van der Waals surface area contributed by atoms with Crippen molar-refractivity contribution in [1.82, 2.24) is 4.98 Å². The second-order valence-electron chi connectivity index (χ2n) is 14.5. The number of aromatic nitrogens is 1. The molecule has 5 heteroatoms. The van der Waals surface area contributed by atoms with Crippen molar-refractivity contribution in [2.24, 2.45) is 56.3 Å². The minimum absolute atomic E-state index is 0.312. The predicted octanol–water partition coefficient (Wildman–Crippen LogP) is 5.81. The van der Waals surface area contributed by atoms with E-state index in [0.29, 0.717) is 22.9 Å². The van der Waals surface area contributed by atoms with Gasteiger partial charge >= 0.3 is 0 Å². The van der Waals surface area contributed by atoms with Crippen molar-refractivity contribution in [1.29, 1.82) is 0 Å². The summed E-state index contributed by atoms with van der Waals surface area (Å²) in [5.41, 5.74) is 2.48. The van der Waals surface area contributed by atoms with Crippen LogP contribution in [0.4, 0.5) is 0 Å². The van der Waals surface area contributed by atoms with Gasteiger partial charge in [0.25, 0.3) is 0 Å². The molecule has 10 aliphatic rings. The van der Waals surface area contributed by atoms with Crippen LogP contribution in [0.2, 0.25) is 0 Å². The molecule has 8 bridgehead atoms. The van der Waals surface area contributed by atoms with Crippen LogP contribution >= 0.6 is 0 Å². The number of nitrogens with zero attached hydrogens (tertiary/aromatic N) is 3. The average molecular weight is 486 g/mol. The summed E-state index contributed by atoms with van der Waals surface area (Å²) < 4.78 is 12.5. The summed E-state index contributed by atoms with van der Waals surface area (Å²) in [5, 5.41) is 0. The van der Waals surface area contributed by atoms with E-state index in [9.17, 15) is 0 Å². The molecule has 0 aromatic carbocycles. The van der Waals surface area contributed by atoms with E-state index in [-0.39, 0.29) is 0 Å². The van der Waals surface area contributed by atoms with E-state index in [1.165, 1.54) is 77.0 Å². The van der Waals surface area contributed by atoms with Crippen molar-refractivity contribution in [2.45, 2.75) is 89.1 Å². The third-order valence-electron chi connectivity index (χ3n) is 12.1. The summed E-state index contributed by atoms with van der Waals surface area (Å²) in [7, 11) is 0. The Labute approximate surface area is 214 Å². The first-order valence-electron chi connectivity index (χ1n) is 15.0. The Bertz CT molecular complexity index is 998. The van der Waals surface area contributed by atoms with Gasteiger partial charge in [-0.3, -0.25) is 0 Å². The van der Waals surface area contributed by atoms with Gasteiger partial charge in [0.1, 0.15) is 24.6 Å². The molecule has 1 aromatic rings. The van der Waals surface area contributed by atoms with Crippen LogP contribution in [-0.4, -0.2) is 42.1 Å². The van der Waals surface area contributed by atoms with Gasteiger partial charge in [-0.15, -0.1) is 0 Å². The molecule has 36 heavy (non-hydrogen) atoms. The minimum Gasteiger partial charge on any atom is -0.474 e. The van der Waals surface area contributed by atoms with Gasteiger partial charge in [0.15, 0.2) is 0 Å². The van der Waals surface area contributed by atoms with E-state index in [1.54, 1.807) is 0 Å². The Morgan fingerprint density at radius 1 is 0.556 bits per heavy atom. The van der Waals surface area contributed by atoms with Crippen LogP contribution in [0.5, 0.6) is 0 Å². The summed E-state index contributed by atoms with van der Waals surface area (Å²) in [6.45, 7) is 1.47. The molecule has 190 valence electrons. The topological polar surface area (TPSA) is 56.1 Å². The molecule has 0 saturated heterocycles. The molecule has 8 saturated carbocycles. The van der Waals surface area contributed by atoms with Crippen LogP contribution in [-0.2, 0) is 9.47 Å². The van der Waals surface area contributed by atoms with Crippen molar-refractivity contribution < 1.29 is 9.47 Å². The smallest absolute Gasteiger partial charge is 0.235 e. The van der Waals surface area contributed by atoms with Gasteiger partial charge in [0.05, 0.1) is 12.1 Å². The van der Waals surface area contributed by atoms with E-state index in [4.69, 9.17) is 24.4 Å². The van der Waals surface area contributed by atoms with Gasteiger partial charge < -0.3 is 9.47 Å². The molecule has 0 unspecified atom stereocenters. The number of rotatable bonds is 4. The van der Waals surface area contributed by atoms with Gasteiger partial charge in [-0.2, -0.15) is 0 Å². The van der Waals surface area contributed by atoms with E-state index in [2.05, 4.69) is 18.2 Å². The third-order valence-corrected chi connectivity index (χ3v) is 12.1. The zero-order valence-corrected chi connectivity index (χ0v) is 21.4. The first-order valence-corrected chi connectivity index (χ1v) is 15.0. The third kappa shape index (κ3) is 3.10. The standard InChI is InChI=1S/C31H39N3O2/c1-2-24(28-33-26(16-35-28)30-10-18-4-19(11-30)6-20(5-18)12-30)32-25(3-1)29-34-27(17-36-29)31-13-21-7-22(14-31)9-23(8-21)15-31/h1-3,18-23,26-27H,4-17H2/t18?,19?,20?,21?,22?,23?,26-,27-,30?,31?/m0/s1. The Morgan fingerprint density at radius 3 is 1.28 bits per heavy atom. The first kappa shape index (κ1) is 21.1. The maximum Gasteiger partial charge on any atom is 0.235 e. The van der Waals surface area contributed by atoms with E-state index >= 15 is 0 Å². The van der Waals surface area contributed by atoms with E-state index in [1.807, 2.05) is 0 Å². The molecule has 2 atom stereocenters. The SMILES string of the molecule is c1cc(C2=N[C@H](C34CC5CC(CC(C5)C3)C4)CO2)nc(C2=N[C@H](C34CC5CC(CC(C5)C3)C4)CO2)c1. The van der Waals surface area contributed by atoms with Crippen molar-refractivity contribution >= 4 is 11.8 Å². The maximum atomic E-state index is 6.25. The zero-order chi connectivity index (χ0) is 23.5. The lowest BCUT2D eigenvalue weighted by Gasteiger charge is -2.58. The lowest BCUT2D eigenvalue weighted by molar-refractivity contribution is -0.0692. The summed E-state index contributed by atoms with van der Waals surface area (Å²) >= 11 is 0. The Morgan fingerprint density at radius 2 is 0.917 bits per heavy atom. The van der Waals surface area contributed by atoms with Crippen molar-refractivity contribution in [3.63, 3.8) is 0 Å². The Balaban J connectivity index is 0.970. The largest absolute Gasteiger partial charge is 0.474 e. The molecule has 2 aliphatic heterocycles. The van der Waals surface area contributed by atoms with Crippen LogP contribution in [0.25, 0.3) is 0 Å². The van der Waals surface area contributed by atoms with Gasteiger partial charge in [-0.25, -0.2) is 15.0 Å². The van der Waals surface area contributed by atoms with Crippen LogP contribution in [0, 0.1) is 46.3 Å². The molecule has 1 aromatic heterocycles. The molecule has 8 fully saturated rings. The van der Waals surface area contributed by atoms with Crippen molar-refractivity contribution in [2.75, 3.05) is 13.2 Å². The molecular formula is C31H39N3O2. The van der Waals surface area contributed by atoms with Gasteiger partial charge in [0.2, 0.25) is 11.8 Å². The second kappa shape index (κ2) is 7.35. The van der Waals surface area contributed by atoms with Gasteiger partial charge in [-0.05, 0) is 136 Å². The maximum absolute atomic E-state index is 6.25. The highest BCUT2D eigenvalue weighted by atomic mass is 16.5. The van der Waals surface area contributed by atoms with Crippen LogP contribution in [0.15, 0.2) is 28.2 Å². The predicted molar refractivity (Wildman–Crippen MR) is 138 cm³/mol. The summed E-state index contributed by atoms with van der Waals surface area (Å²) in [5.74, 6) is 7.14. The second-order valence-corrected chi connectivity index (χ2v) is 14.5. The van der Waals surface area contributed by atoms with Gasteiger partial charge in [-0.1, -0.05) is 6.07 Å². The molecule has 0 radical (unpaired) electrons. The van der Waals surface area contributed by atoms with Gasteiger partial charge in [0, 0.05) is 0 Å². The van der Waals surface area contributed by atoms with E-state index in [0.717, 1.165) is 71.9 Å². The zero-order valence-electron chi connectivity index (χ0n) is 21.4. The average Bonchev–Trinajstić information content (AvgIpc) is 3.54. The molecule has 0 spiro atoms. The lowest BCUT2D eigenvalue weighted by Crippen LogP contribution is -2.51. The molecular weight excluding hydrogens is 446 g/mol. The fourth-order valence-electron chi connectivity index (χ4n) is 11.5. The number of ether oxygens (including phenoxy) is 2. The highest BCUT2D eigenvalue weighted by Gasteiger charge is 2.56. The molecule has 8 aliphatic carbocycles. The fraction of sp³-hybridized carbons (Fsp3) is 0.774. The summed E-state index contributed by atoms with van der Waals surface area (Å²) in [6, 6.07) is 6.80. The normalized spacial score (nSPS) is 49.7. The van der Waals surface area contributed by atoms with Crippen molar-refractivity contribution in [3.05, 3.63) is 29.6 Å². The van der Waals surface area contributed by atoms with Crippen LogP contribution in [0.1, 0.15) is 88.4 Å². The number of pyridine rings is 1. The quantitative estimate of drug-likeness (QED) is 0.541. The highest BCUT2D eigenvalue weighted by Crippen LogP contribution is 2.63. The molecule has 11 rings (SSSR count). The molecule has 5 nitrogen and oxygen atoms in total. The Kier molecular flexibility index (Phi) is 4.30. The molecule has 3 heterocycles.